The smallest absolute Gasteiger partial charge is 0.203 e. The summed E-state index contributed by atoms with van der Waals surface area (Å²) < 4.78 is 20.8. The molecule has 0 radical (unpaired) electrons. The lowest BCUT2D eigenvalue weighted by Gasteiger charge is -2.14. The molecule has 0 amide bonds. The van der Waals surface area contributed by atoms with E-state index >= 15 is 0 Å². The number of methoxy groups -OCH3 is 3. The minimum absolute atomic E-state index is 0.206. The van der Waals surface area contributed by atoms with E-state index in [1.165, 1.54) is 14.2 Å². The summed E-state index contributed by atoms with van der Waals surface area (Å²) in [5.41, 5.74) is 1.26. The highest BCUT2D eigenvalue weighted by Crippen LogP contribution is 2.43. The van der Waals surface area contributed by atoms with Gasteiger partial charge in [-0.15, -0.1) is 0 Å². The maximum Gasteiger partial charge on any atom is 0.203 e. The van der Waals surface area contributed by atoms with Crippen LogP contribution in [0.25, 0.3) is 11.3 Å². The monoisotopic (exact) mass is 265 g/mol. The first-order chi connectivity index (χ1) is 9.24. The van der Waals surface area contributed by atoms with Gasteiger partial charge in [-0.25, -0.2) is 0 Å². The molecule has 0 spiro atoms. The highest BCUT2D eigenvalue weighted by atomic mass is 16.5. The highest BCUT2D eigenvalue weighted by molar-refractivity contribution is 5.74. The minimum atomic E-state index is -0.206. The summed E-state index contributed by atoms with van der Waals surface area (Å²) in [6.07, 6.45) is 0. The number of nitrogens with zero attached hydrogens (tertiary/aromatic N) is 1. The van der Waals surface area contributed by atoms with Crippen molar-refractivity contribution in [2.24, 2.45) is 0 Å². The Bertz CT molecular complexity index is 564. The van der Waals surface area contributed by atoms with Crippen molar-refractivity contribution in [2.75, 3.05) is 21.3 Å². The van der Waals surface area contributed by atoms with Crippen LogP contribution in [0.3, 0.4) is 0 Å². The fourth-order valence-electron chi connectivity index (χ4n) is 1.82. The number of hydrogen-bond acceptors (Lipinski definition) is 6. The third kappa shape index (κ3) is 2.34. The molecule has 0 fully saturated rings. The predicted molar refractivity (Wildman–Crippen MR) is 67.5 cm³/mol. The molecule has 0 bridgehead atoms. The molecule has 0 aliphatic rings. The SMILES string of the molecule is COc1ccc(-c2cc(CO)on2)c(OC)c1OC. The Labute approximate surface area is 110 Å². The molecule has 2 rings (SSSR count). The molecule has 1 aromatic heterocycles. The second-order valence-corrected chi connectivity index (χ2v) is 3.72. The van der Waals surface area contributed by atoms with E-state index in [0.29, 0.717) is 34.3 Å². The van der Waals surface area contributed by atoms with Gasteiger partial charge in [0.25, 0.3) is 0 Å². The molecule has 0 unspecified atom stereocenters. The molecular formula is C13H15NO5. The Morgan fingerprint density at radius 3 is 2.37 bits per heavy atom. The van der Waals surface area contributed by atoms with Crippen LogP contribution < -0.4 is 14.2 Å². The molecule has 0 aliphatic carbocycles. The Hall–Kier alpha value is -2.21. The largest absolute Gasteiger partial charge is 0.493 e. The molecular weight excluding hydrogens is 250 g/mol. The number of aliphatic hydroxyl groups is 1. The lowest BCUT2D eigenvalue weighted by Crippen LogP contribution is -1.96. The predicted octanol–water partition coefficient (Wildman–Crippen LogP) is 1.86. The van der Waals surface area contributed by atoms with Crippen LogP contribution in [0.4, 0.5) is 0 Å². The van der Waals surface area contributed by atoms with Gasteiger partial charge in [-0.05, 0) is 12.1 Å². The molecule has 1 N–H and O–H groups in total. The van der Waals surface area contributed by atoms with Crippen molar-refractivity contribution in [3.05, 3.63) is 24.0 Å². The lowest BCUT2D eigenvalue weighted by atomic mass is 10.1. The number of aliphatic hydroxyl groups excluding tert-OH is 1. The van der Waals surface area contributed by atoms with Gasteiger partial charge < -0.3 is 23.8 Å². The van der Waals surface area contributed by atoms with Gasteiger partial charge in [0.15, 0.2) is 17.3 Å². The summed E-state index contributed by atoms with van der Waals surface area (Å²) in [4.78, 5) is 0. The van der Waals surface area contributed by atoms with Crippen LogP contribution in [0.1, 0.15) is 5.76 Å². The first-order valence-corrected chi connectivity index (χ1v) is 5.61. The van der Waals surface area contributed by atoms with Crippen LogP contribution in [0.2, 0.25) is 0 Å². The van der Waals surface area contributed by atoms with Crippen LogP contribution in [0.15, 0.2) is 22.7 Å². The van der Waals surface area contributed by atoms with E-state index in [9.17, 15) is 0 Å². The Morgan fingerprint density at radius 2 is 1.84 bits per heavy atom. The molecule has 2 aromatic rings. The first kappa shape index (κ1) is 13.2. The van der Waals surface area contributed by atoms with Crippen LogP contribution in [-0.2, 0) is 6.61 Å². The average Bonchev–Trinajstić information content (AvgIpc) is 2.94. The van der Waals surface area contributed by atoms with Crippen molar-refractivity contribution in [3.8, 4) is 28.5 Å². The van der Waals surface area contributed by atoms with Crippen LogP contribution >= 0.6 is 0 Å². The molecule has 1 heterocycles. The minimum Gasteiger partial charge on any atom is -0.493 e. The molecule has 6 nitrogen and oxygen atoms in total. The van der Waals surface area contributed by atoms with E-state index in [1.807, 2.05) is 0 Å². The molecule has 0 atom stereocenters. The number of rotatable bonds is 5. The maximum absolute atomic E-state index is 9.00. The van der Waals surface area contributed by atoms with Gasteiger partial charge in [0.2, 0.25) is 5.75 Å². The third-order valence-electron chi connectivity index (χ3n) is 2.69. The number of ether oxygens (including phenoxy) is 3. The number of benzene rings is 1. The van der Waals surface area contributed by atoms with E-state index in [-0.39, 0.29) is 6.61 Å². The fraction of sp³-hybridized carbons (Fsp3) is 0.308. The molecule has 6 heteroatoms. The Kier molecular flexibility index (Phi) is 3.91. The van der Waals surface area contributed by atoms with Gasteiger partial charge in [0.1, 0.15) is 12.3 Å². The topological polar surface area (TPSA) is 74.0 Å². The van der Waals surface area contributed by atoms with E-state index < -0.39 is 0 Å². The highest BCUT2D eigenvalue weighted by Gasteiger charge is 2.19. The Balaban J connectivity index is 2.56. The standard InChI is InChI=1S/C13H15NO5/c1-16-11-5-4-9(12(17-2)13(11)18-3)10-6-8(7-15)19-14-10/h4-6,15H,7H2,1-3H3. The summed E-state index contributed by atoms with van der Waals surface area (Å²) in [5.74, 6) is 1.93. The van der Waals surface area contributed by atoms with Crippen molar-refractivity contribution >= 4 is 0 Å². The second kappa shape index (κ2) is 5.62. The Morgan fingerprint density at radius 1 is 1.11 bits per heavy atom. The molecule has 0 aliphatic heterocycles. The molecule has 1 aromatic carbocycles. The van der Waals surface area contributed by atoms with E-state index in [4.69, 9.17) is 23.8 Å². The van der Waals surface area contributed by atoms with Gasteiger partial charge >= 0.3 is 0 Å². The van der Waals surface area contributed by atoms with Crippen LogP contribution in [0.5, 0.6) is 17.2 Å². The van der Waals surface area contributed by atoms with Crippen LogP contribution in [-0.4, -0.2) is 31.6 Å². The van der Waals surface area contributed by atoms with E-state index in [0.717, 1.165) is 0 Å². The second-order valence-electron chi connectivity index (χ2n) is 3.72. The molecule has 0 saturated carbocycles. The fourth-order valence-corrected chi connectivity index (χ4v) is 1.82. The van der Waals surface area contributed by atoms with Crippen molar-refractivity contribution < 1.29 is 23.8 Å². The van der Waals surface area contributed by atoms with Crippen molar-refractivity contribution in [2.45, 2.75) is 6.61 Å². The molecule has 102 valence electrons. The first-order valence-electron chi connectivity index (χ1n) is 5.61. The zero-order valence-electron chi connectivity index (χ0n) is 11.0. The third-order valence-corrected chi connectivity index (χ3v) is 2.69. The van der Waals surface area contributed by atoms with E-state index in [2.05, 4.69) is 5.16 Å². The van der Waals surface area contributed by atoms with Gasteiger partial charge in [-0.2, -0.15) is 0 Å². The maximum atomic E-state index is 9.00. The normalized spacial score (nSPS) is 10.3. The quantitative estimate of drug-likeness (QED) is 0.889. The van der Waals surface area contributed by atoms with Gasteiger partial charge in [-0.3, -0.25) is 0 Å². The summed E-state index contributed by atoms with van der Waals surface area (Å²) in [6.45, 7) is -0.206. The van der Waals surface area contributed by atoms with Crippen molar-refractivity contribution in [1.29, 1.82) is 0 Å². The summed E-state index contributed by atoms with van der Waals surface area (Å²) in [6, 6.07) is 5.19. The van der Waals surface area contributed by atoms with Gasteiger partial charge in [-0.1, -0.05) is 5.16 Å². The lowest BCUT2D eigenvalue weighted by molar-refractivity contribution is 0.229. The van der Waals surface area contributed by atoms with E-state index in [1.54, 1.807) is 25.3 Å². The summed E-state index contributed by atoms with van der Waals surface area (Å²) in [7, 11) is 4.62. The van der Waals surface area contributed by atoms with Crippen molar-refractivity contribution in [3.63, 3.8) is 0 Å². The van der Waals surface area contributed by atoms with Gasteiger partial charge in [0, 0.05) is 11.6 Å². The number of aromatic nitrogens is 1. The average molecular weight is 265 g/mol. The van der Waals surface area contributed by atoms with Crippen molar-refractivity contribution in [1.82, 2.24) is 5.16 Å². The zero-order chi connectivity index (χ0) is 13.8. The zero-order valence-corrected chi connectivity index (χ0v) is 11.0. The summed E-state index contributed by atoms with van der Waals surface area (Å²) >= 11 is 0. The molecule has 19 heavy (non-hydrogen) atoms. The van der Waals surface area contributed by atoms with Crippen LogP contribution in [0, 0.1) is 0 Å². The number of hydrogen-bond donors (Lipinski definition) is 1. The summed E-state index contributed by atoms with van der Waals surface area (Å²) in [5, 5.41) is 12.9. The molecule has 0 saturated heterocycles. The van der Waals surface area contributed by atoms with Gasteiger partial charge in [0.05, 0.1) is 21.3 Å².